The zero-order valence-corrected chi connectivity index (χ0v) is 19.2. The van der Waals surface area contributed by atoms with Gasteiger partial charge in [-0.3, -0.25) is 4.79 Å². The molecule has 0 amide bonds. The van der Waals surface area contributed by atoms with Crippen LogP contribution >= 0.6 is 0 Å². The summed E-state index contributed by atoms with van der Waals surface area (Å²) in [6, 6.07) is 0. The maximum absolute atomic E-state index is 11.7. The van der Waals surface area contributed by atoms with Crippen molar-refractivity contribution in [2.24, 2.45) is 11.7 Å². The first-order chi connectivity index (χ1) is 13.0. The minimum Gasteiger partial charge on any atom is -0.464 e. The minimum absolute atomic E-state index is 0.0485. The Morgan fingerprint density at radius 3 is 2.29 bits per heavy atom. The van der Waals surface area contributed by atoms with E-state index in [9.17, 15) is 4.79 Å². The van der Waals surface area contributed by atoms with Gasteiger partial charge < -0.3 is 19.9 Å². The first-order valence-electron chi connectivity index (χ1n) is 10.6. The van der Waals surface area contributed by atoms with E-state index in [1.807, 2.05) is 6.92 Å². The van der Waals surface area contributed by atoms with E-state index in [0.717, 1.165) is 38.7 Å². The number of hydrogen-bond acceptors (Lipinski definition) is 5. The van der Waals surface area contributed by atoms with Crippen molar-refractivity contribution in [3.05, 3.63) is 0 Å². The van der Waals surface area contributed by atoms with Crippen molar-refractivity contribution in [2.75, 3.05) is 19.8 Å². The second-order valence-corrected chi connectivity index (χ2v) is 8.98. The third-order valence-electron chi connectivity index (χ3n) is 4.54. The number of hydrogen-bond donors (Lipinski definition) is 1. The molecule has 0 aliphatic heterocycles. The molecule has 164 valence electrons. The van der Waals surface area contributed by atoms with Crippen LogP contribution in [0.1, 0.15) is 87.0 Å². The number of carbonyl (C=O) groups is 1. The van der Waals surface area contributed by atoms with Crippen molar-refractivity contribution in [3.63, 3.8) is 0 Å². The number of nitrogens with two attached hydrogens (primary N) is 1. The van der Waals surface area contributed by atoms with Gasteiger partial charge in [0, 0.05) is 26.0 Å². The zero-order chi connectivity index (χ0) is 21.6. The van der Waals surface area contributed by atoms with Gasteiger partial charge in [0.1, 0.15) is 6.61 Å². The van der Waals surface area contributed by atoms with Gasteiger partial charge in [-0.2, -0.15) is 0 Å². The predicted octanol–water partition coefficient (Wildman–Crippen LogP) is 4.47. The van der Waals surface area contributed by atoms with Crippen molar-refractivity contribution < 1.29 is 19.0 Å². The van der Waals surface area contributed by atoms with E-state index in [4.69, 9.17) is 19.9 Å². The van der Waals surface area contributed by atoms with Crippen molar-refractivity contribution in [3.8, 4) is 11.8 Å². The second-order valence-electron chi connectivity index (χ2n) is 8.98. The summed E-state index contributed by atoms with van der Waals surface area (Å²) in [5.41, 5.74) is 4.93. The van der Waals surface area contributed by atoms with Crippen LogP contribution in [-0.2, 0) is 19.0 Å². The Kier molecular flexibility index (Phi) is 13.4. The van der Waals surface area contributed by atoms with Crippen molar-refractivity contribution >= 4 is 5.97 Å². The van der Waals surface area contributed by atoms with Gasteiger partial charge in [-0.05, 0) is 60.3 Å². The lowest BCUT2D eigenvalue weighted by atomic mass is 9.89. The molecule has 0 bridgehead atoms. The first-order valence-corrected chi connectivity index (χ1v) is 10.6. The highest BCUT2D eigenvalue weighted by atomic mass is 16.5. The molecular weight excluding hydrogens is 354 g/mol. The fraction of sp³-hybridized carbons (Fsp3) is 0.870. The molecule has 0 fully saturated rings. The molecule has 0 aliphatic rings. The molecular formula is C23H43NO4. The smallest absolute Gasteiger partial charge is 0.308 e. The molecule has 0 rings (SSSR count). The molecule has 5 nitrogen and oxygen atoms in total. The van der Waals surface area contributed by atoms with Gasteiger partial charge in [0.2, 0.25) is 0 Å². The molecule has 0 radical (unpaired) electrons. The molecule has 0 aromatic heterocycles. The summed E-state index contributed by atoms with van der Waals surface area (Å²) in [5, 5.41) is 0. The van der Waals surface area contributed by atoms with Gasteiger partial charge in [-0.25, -0.2) is 0 Å². The average Bonchev–Trinajstić information content (AvgIpc) is 2.56. The molecule has 0 saturated carbocycles. The van der Waals surface area contributed by atoms with Crippen LogP contribution in [0.3, 0.4) is 0 Å². The Morgan fingerprint density at radius 2 is 1.68 bits per heavy atom. The van der Waals surface area contributed by atoms with Crippen LogP contribution in [0, 0.1) is 17.8 Å². The predicted molar refractivity (Wildman–Crippen MR) is 115 cm³/mol. The highest BCUT2D eigenvalue weighted by Crippen LogP contribution is 2.26. The van der Waals surface area contributed by atoms with E-state index < -0.39 is 0 Å². The summed E-state index contributed by atoms with van der Waals surface area (Å²) in [5.74, 6) is 6.55. The van der Waals surface area contributed by atoms with Crippen molar-refractivity contribution in [1.29, 1.82) is 0 Å². The molecule has 0 spiro atoms. The maximum Gasteiger partial charge on any atom is 0.308 e. The van der Waals surface area contributed by atoms with Crippen molar-refractivity contribution in [1.82, 2.24) is 0 Å². The molecule has 5 heteroatoms. The number of unbranched alkanes of at least 4 members (excludes halogenated alkanes) is 3. The van der Waals surface area contributed by atoms with Crippen LogP contribution in [0.2, 0.25) is 0 Å². The Bertz CT molecular complexity index is 485. The third kappa shape index (κ3) is 14.9. The summed E-state index contributed by atoms with van der Waals surface area (Å²) in [6.07, 6.45) is 5.08. The average molecular weight is 398 g/mol. The molecule has 0 aromatic carbocycles. The fourth-order valence-electron chi connectivity index (χ4n) is 2.57. The monoisotopic (exact) mass is 397 g/mol. The summed E-state index contributed by atoms with van der Waals surface area (Å²) in [7, 11) is 0. The van der Waals surface area contributed by atoms with E-state index in [-0.39, 0.29) is 42.2 Å². The molecule has 28 heavy (non-hydrogen) atoms. The Balaban J connectivity index is 4.05. The summed E-state index contributed by atoms with van der Waals surface area (Å²) in [4.78, 5) is 11.7. The topological polar surface area (TPSA) is 70.8 Å². The number of carbonyl (C=O) groups excluding carboxylic acids is 1. The molecule has 2 atom stereocenters. The number of esters is 1. The van der Waals surface area contributed by atoms with Gasteiger partial charge in [-0.1, -0.05) is 13.3 Å². The maximum atomic E-state index is 11.7. The minimum atomic E-state index is -0.355. The van der Waals surface area contributed by atoms with Crippen LogP contribution in [0.15, 0.2) is 0 Å². The van der Waals surface area contributed by atoms with Gasteiger partial charge in [-0.15, -0.1) is 11.8 Å². The molecule has 1 unspecified atom stereocenters. The zero-order valence-electron chi connectivity index (χ0n) is 19.2. The van der Waals surface area contributed by atoms with Gasteiger partial charge in [0.15, 0.2) is 0 Å². The first kappa shape index (κ1) is 26.9. The summed E-state index contributed by atoms with van der Waals surface area (Å²) < 4.78 is 16.8. The van der Waals surface area contributed by atoms with E-state index in [1.54, 1.807) is 0 Å². The Labute approximate surface area is 173 Å². The molecule has 0 heterocycles. The van der Waals surface area contributed by atoms with Crippen LogP contribution in [0.5, 0.6) is 0 Å². The quantitative estimate of drug-likeness (QED) is 0.282. The van der Waals surface area contributed by atoms with Gasteiger partial charge >= 0.3 is 5.97 Å². The van der Waals surface area contributed by atoms with Crippen LogP contribution < -0.4 is 5.73 Å². The SMILES string of the molecule is CC(CC#CCCCCCOC(C)(C)C)C(C)(C)O[C@H](C)CC(=O)OCCN. The van der Waals surface area contributed by atoms with E-state index >= 15 is 0 Å². The van der Waals surface area contributed by atoms with E-state index in [1.165, 1.54) is 0 Å². The fourth-order valence-corrected chi connectivity index (χ4v) is 2.57. The summed E-state index contributed by atoms with van der Waals surface area (Å²) in [6.45, 7) is 15.8. The van der Waals surface area contributed by atoms with Gasteiger partial charge in [0.05, 0.1) is 23.7 Å². The highest BCUT2D eigenvalue weighted by Gasteiger charge is 2.29. The van der Waals surface area contributed by atoms with E-state index in [0.29, 0.717) is 6.54 Å². The number of rotatable bonds is 13. The molecule has 0 aromatic rings. The van der Waals surface area contributed by atoms with Crippen LogP contribution in [0.4, 0.5) is 0 Å². The molecule has 2 N–H and O–H groups in total. The lowest BCUT2D eigenvalue weighted by Gasteiger charge is -2.33. The van der Waals surface area contributed by atoms with Crippen LogP contribution in [0.25, 0.3) is 0 Å². The summed E-state index contributed by atoms with van der Waals surface area (Å²) >= 11 is 0. The lowest BCUT2D eigenvalue weighted by molar-refractivity contribution is -0.151. The highest BCUT2D eigenvalue weighted by molar-refractivity contribution is 5.69. The van der Waals surface area contributed by atoms with Gasteiger partial charge in [0.25, 0.3) is 0 Å². The molecule has 0 saturated heterocycles. The second kappa shape index (κ2) is 14.0. The van der Waals surface area contributed by atoms with Crippen molar-refractivity contribution in [2.45, 2.75) is 104 Å². The standard InChI is InChI=1S/C23H43NO4/c1-19(14-12-10-8-9-11-13-16-27-22(3,4)5)23(6,7)28-20(2)18-21(25)26-17-15-24/h19-20H,8-9,11,13-18,24H2,1-7H3/t19?,20-/m1/s1. The molecule has 0 aliphatic carbocycles. The van der Waals surface area contributed by atoms with E-state index in [2.05, 4.69) is 53.4 Å². The largest absolute Gasteiger partial charge is 0.464 e. The Morgan fingerprint density at radius 1 is 1.00 bits per heavy atom. The normalized spacial score (nSPS) is 14.1. The number of ether oxygens (including phenoxy) is 3. The van der Waals surface area contributed by atoms with Crippen LogP contribution in [-0.4, -0.2) is 43.0 Å². The third-order valence-corrected chi connectivity index (χ3v) is 4.54. The Hall–Kier alpha value is -1.09. The lowest BCUT2D eigenvalue weighted by Crippen LogP contribution is -2.37.